The van der Waals surface area contributed by atoms with Gasteiger partial charge in [-0.1, -0.05) is 13.3 Å². The van der Waals surface area contributed by atoms with Crippen LogP contribution in [-0.2, 0) is 6.42 Å². The third-order valence-corrected chi connectivity index (χ3v) is 2.14. The van der Waals surface area contributed by atoms with Crippen molar-refractivity contribution in [2.45, 2.75) is 33.6 Å². The number of hydrogen-bond donors (Lipinski definition) is 2. The molecule has 0 aliphatic carbocycles. The van der Waals surface area contributed by atoms with Crippen molar-refractivity contribution in [2.75, 3.05) is 11.9 Å². The van der Waals surface area contributed by atoms with E-state index in [0.29, 0.717) is 0 Å². The molecule has 1 aromatic heterocycles. The highest BCUT2D eigenvalue weighted by Crippen LogP contribution is 2.13. The molecule has 14 heavy (non-hydrogen) atoms. The van der Waals surface area contributed by atoms with E-state index in [4.69, 9.17) is 0 Å². The van der Waals surface area contributed by atoms with Crippen LogP contribution in [0.5, 0.6) is 0 Å². The lowest BCUT2D eigenvalue weighted by molar-refractivity contribution is 0.894. The molecule has 2 N–H and O–H groups in total. The number of rotatable bonds is 4. The second-order valence-electron chi connectivity index (χ2n) is 3.45. The van der Waals surface area contributed by atoms with Gasteiger partial charge in [0.1, 0.15) is 0 Å². The summed E-state index contributed by atoms with van der Waals surface area (Å²) in [5, 5.41) is 3.22. The van der Waals surface area contributed by atoms with Crippen molar-refractivity contribution >= 4 is 5.69 Å². The number of anilines is 1. The first-order valence-corrected chi connectivity index (χ1v) is 5.15. The Kier molecular flexibility index (Phi) is 3.74. The molecular formula is C11H18N2O. The topological polar surface area (TPSA) is 44.9 Å². The van der Waals surface area contributed by atoms with E-state index in [1.165, 1.54) is 0 Å². The third-order valence-electron chi connectivity index (χ3n) is 2.14. The molecule has 3 nitrogen and oxygen atoms in total. The highest BCUT2D eigenvalue weighted by atomic mass is 16.1. The zero-order valence-corrected chi connectivity index (χ0v) is 9.11. The average molecular weight is 194 g/mol. The maximum Gasteiger partial charge on any atom is 0.253 e. The Morgan fingerprint density at radius 2 is 2.14 bits per heavy atom. The number of hydrogen-bond acceptors (Lipinski definition) is 2. The lowest BCUT2D eigenvalue weighted by atomic mass is 10.1. The van der Waals surface area contributed by atoms with E-state index >= 15 is 0 Å². The Bertz CT molecular complexity index is 355. The molecular weight excluding hydrogens is 176 g/mol. The van der Waals surface area contributed by atoms with Crippen molar-refractivity contribution in [3.8, 4) is 0 Å². The summed E-state index contributed by atoms with van der Waals surface area (Å²) in [7, 11) is 0. The van der Waals surface area contributed by atoms with Gasteiger partial charge in [0.15, 0.2) is 0 Å². The molecule has 0 aromatic carbocycles. The summed E-state index contributed by atoms with van der Waals surface area (Å²) < 4.78 is 0. The summed E-state index contributed by atoms with van der Waals surface area (Å²) >= 11 is 0. The number of aromatic nitrogens is 1. The normalized spacial score (nSPS) is 10.2. The van der Waals surface area contributed by atoms with Crippen LogP contribution in [0, 0.1) is 6.92 Å². The zero-order chi connectivity index (χ0) is 10.6. The second-order valence-corrected chi connectivity index (χ2v) is 3.45. The highest BCUT2D eigenvalue weighted by Gasteiger charge is 2.06. The number of pyridine rings is 1. The van der Waals surface area contributed by atoms with Gasteiger partial charge in [0.25, 0.3) is 5.56 Å². The van der Waals surface area contributed by atoms with Crippen LogP contribution in [0.1, 0.15) is 31.5 Å². The average Bonchev–Trinajstić information content (AvgIpc) is 2.11. The summed E-state index contributed by atoms with van der Waals surface area (Å²) in [4.78, 5) is 14.5. The van der Waals surface area contributed by atoms with E-state index in [2.05, 4.69) is 17.2 Å². The maximum absolute atomic E-state index is 11.6. The summed E-state index contributed by atoms with van der Waals surface area (Å²) in [6, 6.07) is 2.00. The van der Waals surface area contributed by atoms with E-state index in [9.17, 15) is 4.79 Å². The summed E-state index contributed by atoms with van der Waals surface area (Å²) in [5.74, 6) is 0. The lowest BCUT2D eigenvalue weighted by Gasteiger charge is -2.09. The van der Waals surface area contributed by atoms with Crippen LogP contribution in [-0.4, -0.2) is 11.5 Å². The highest BCUT2D eigenvalue weighted by molar-refractivity contribution is 5.50. The Hall–Kier alpha value is -1.25. The van der Waals surface area contributed by atoms with Gasteiger partial charge in [-0.05, 0) is 26.3 Å². The Morgan fingerprint density at radius 3 is 2.71 bits per heavy atom. The standard InChI is InChI=1S/C11H18N2O/c1-4-6-9-10(12-5-2)7-8(3)13-11(9)14/h7H,4-6H2,1-3H3,(H2,12,13,14). The van der Waals surface area contributed by atoms with Crippen LogP contribution in [0.4, 0.5) is 5.69 Å². The van der Waals surface area contributed by atoms with E-state index in [1.54, 1.807) is 0 Å². The predicted molar refractivity (Wildman–Crippen MR) is 60.0 cm³/mol. The van der Waals surface area contributed by atoms with E-state index in [0.717, 1.165) is 36.3 Å². The van der Waals surface area contributed by atoms with Crippen LogP contribution >= 0.6 is 0 Å². The van der Waals surface area contributed by atoms with Crippen molar-refractivity contribution in [3.05, 3.63) is 27.7 Å². The van der Waals surface area contributed by atoms with Crippen molar-refractivity contribution in [3.63, 3.8) is 0 Å². The molecule has 0 spiro atoms. The minimum Gasteiger partial charge on any atom is -0.385 e. The summed E-state index contributed by atoms with van der Waals surface area (Å²) in [6.45, 7) is 6.86. The fourth-order valence-corrected chi connectivity index (χ4v) is 1.56. The molecule has 1 rings (SSSR count). The van der Waals surface area contributed by atoms with Crippen molar-refractivity contribution in [2.24, 2.45) is 0 Å². The Labute approximate surface area is 84.6 Å². The van der Waals surface area contributed by atoms with E-state index in [-0.39, 0.29) is 5.56 Å². The molecule has 0 unspecified atom stereocenters. The van der Waals surface area contributed by atoms with Gasteiger partial charge in [-0.2, -0.15) is 0 Å². The Balaban J connectivity index is 3.14. The fourth-order valence-electron chi connectivity index (χ4n) is 1.56. The summed E-state index contributed by atoms with van der Waals surface area (Å²) in [6.07, 6.45) is 1.82. The first-order chi connectivity index (χ1) is 6.69. The quantitative estimate of drug-likeness (QED) is 0.770. The fraction of sp³-hybridized carbons (Fsp3) is 0.545. The number of H-pyrrole nitrogens is 1. The maximum atomic E-state index is 11.6. The van der Waals surface area contributed by atoms with Crippen molar-refractivity contribution < 1.29 is 0 Å². The van der Waals surface area contributed by atoms with Crippen LogP contribution in [0.15, 0.2) is 10.9 Å². The second kappa shape index (κ2) is 4.84. The molecule has 0 saturated carbocycles. The van der Waals surface area contributed by atoms with Gasteiger partial charge in [-0.15, -0.1) is 0 Å². The first-order valence-electron chi connectivity index (χ1n) is 5.15. The van der Waals surface area contributed by atoms with Crippen LogP contribution in [0.2, 0.25) is 0 Å². The zero-order valence-electron chi connectivity index (χ0n) is 9.11. The van der Waals surface area contributed by atoms with Gasteiger partial charge < -0.3 is 10.3 Å². The largest absolute Gasteiger partial charge is 0.385 e. The number of aryl methyl sites for hydroxylation is 1. The third kappa shape index (κ3) is 2.37. The minimum atomic E-state index is 0.0443. The van der Waals surface area contributed by atoms with Crippen LogP contribution in [0.25, 0.3) is 0 Å². The van der Waals surface area contributed by atoms with Crippen LogP contribution < -0.4 is 10.9 Å². The molecule has 78 valence electrons. The smallest absolute Gasteiger partial charge is 0.253 e. The molecule has 1 aromatic rings. The molecule has 0 bridgehead atoms. The van der Waals surface area contributed by atoms with Gasteiger partial charge in [0.05, 0.1) is 0 Å². The predicted octanol–water partition coefficient (Wildman–Crippen LogP) is 2.07. The minimum absolute atomic E-state index is 0.0443. The molecule has 0 atom stereocenters. The van der Waals surface area contributed by atoms with Gasteiger partial charge in [-0.25, -0.2) is 0 Å². The molecule has 0 fully saturated rings. The molecule has 1 heterocycles. The van der Waals surface area contributed by atoms with Gasteiger partial charge in [0.2, 0.25) is 0 Å². The van der Waals surface area contributed by atoms with Gasteiger partial charge >= 0.3 is 0 Å². The van der Waals surface area contributed by atoms with Crippen molar-refractivity contribution in [1.82, 2.24) is 4.98 Å². The first kappa shape index (κ1) is 10.8. The molecule has 0 amide bonds. The Morgan fingerprint density at radius 1 is 1.43 bits per heavy atom. The van der Waals surface area contributed by atoms with Crippen LogP contribution in [0.3, 0.4) is 0 Å². The number of nitrogens with one attached hydrogen (secondary N) is 2. The molecule has 0 aliphatic heterocycles. The molecule has 0 radical (unpaired) electrons. The molecule has 0 saturated heterocycles. The van der Waals surface area contributed by atoms with E-state index < -0.39 is 0 Å². The van der Waals surface area contributed by atoms with E-state index in [1.807, 2.05) is 19.9 Å². The van der Waals surface area contributed by atoms with Gasteiger partial charge in [-0.3, -0.25) is 4.79 Å². The number of aromatic amines is 1. The molecule has 3 heteroatoms. The molecule has 0 aliphatic rings. The monoisotopic (exact) mass is 194 g/mol. The van der Waals surface area contributed by atoms with Gasteiger partial charge in [0, 0.05) is 23.5 Å². The summed E-state index contributed by atoms with van der Waals surface area (Å²) in [5.41, 5.74) is 2.81. The SMILES string of the molecule is CCCc1c(NCC)cc(C)[nH]c1=O. The van der Waals surface area contributed by atoms with Crippen molar-refractivity contribution in [1.29, 1.82) is 0 Å². The lowest BCUT2D eigenvalue weighted by Crippen LogP contribution is -2.17.